The van der Waals surface area contributed by atoms with E-state index in [0.29, 0.717) is 31.2 Å². The molecule has 0 saturated carbocycles. The summed E-state index contributed by atoms with van der Waals surface area (Å²) in [5.74, 6) is 0.328. The van der Waals surface area contributed by atoms with Crippen molar-refractivity contribution in [2.45, 2.75) is 19.1 Å². The van der Waals surface area contributed by atoms with Crippen LogP contribution in [0.2, 0.25) is 0 Å². The number of morpholine rings is 1. The van der Waals surface area contributed by atoms with E-state index < -0.39 is 0 Å². The zero-order valence-electron chi connectivity index (χ0n) is 12.9. The molecule has 0 aromatic heterocycles. The molecule has 2 aliphatic rings. The fourth-order valence-corrected chi connectivity index (χ4v) is 3.28. The highest BCUT2D eigenvalue weighted by Gasteiger charge is 2.40. The van der Waals surface area contributed by atoms with Crippen LogP contribution in [0.25, 0.3) is 0 Å². The lowest BCUT2D eigenvalue weighted by atomic mass is 10.1. The van der Waals surface area contributed by atoms with E-state index in [4.69, 9.17) is 9.47 Å². The Morgan fingerprint density at radius 1 is 1.45 bits per heavy atom. The SMILES string of the molecule is CCOc1cccc(N2C[C@@H]3OCCN(C)[C@H]3C2)c1[N+](=O)[O-]. The van der Waals surface area contributed by atoms with Gasteiger partial charge < -0.3 is 14.4 Å². The lowest BCUT2D eigenvalue weighted by molar-refractivity contribution is -0.385. The first-order valence-electron chi connectivity index (χ1n) is 7.58. The first-order chi connectivity index (χ1) is 10.6. The highest BCUT2D eigenvalue weighted by Crippen LogP contribution is 2.39. The highest BCUT2D eigenvalue weighted by atomic mass is 16.6. The normalized spacial score (nSPS) is 25.1. The average molecular weight is 307 g/mol. The quantitative estimate of drug-likeness (QED) is 0.620. The summed E-state index contributed by atoms with van der Waals surface area (Å²) in [6.07, 6.45) is 0.106. The fraction of sp³-hybridized carbons (Fsp3) is 0.600. The largest absolute Gasteiger partial charge is 0.487 e. The molecule has 2 aliphatic heterocycles. The average Bonchev–Trinajstić information content (AvgIpc) is 2.92. The summed E-state index contributed by atoms with van der Waals surface area (Å²) < 4.78 is 11.2. The molecule has 0 amide bonds. The summed E-state index contributed by atoms with van der Waals surface area (Å²) in [5.41, 5.74) is 0.660. The number of fused-ring (bicyclic) bond motifs is 1. The number of para-hydroxylation sites is 1. The predicted octanol–water partition coefficient (Wildman–Crippen LogP) is 1.51. The second-order valence-electron chi connectivity index (χ2n) is 5.68. The van der Waals surface area contributed by atoms with Crippen molar-refractivity contribution < 1.29 is 14.4 Å². The minimum Gasteiger partial charge on any atom is -0.487 e. The maximum absolute atomic E-state index is 11.5. The standard InChI is InChI=1S/C15H21N3O4/c1-3-21-13-6-4-5-11(15(13)18(19)20)17-9-12-14(10-17)22-8-7-16(12)2/h4-6,12,14H,3,7-10H2,1-2H3/t12-,14-/m0/s1. The number of nitro benzene ring substituents is 1. The van der Waals surface area contributed by atoms with Crippen LogP contribution >= 0.6 is 0 Å². The van der Waals surface area contributed by atoms with Crippen molar-refractivity contribution in [3.63, 3.8) is 0 Å². The zero-order valence-corrected chi connectivity index (χ0v) is 12.9. The number of anilines is 1. The van der Waals surface area contributed by atoms with Crippen molar-refractivity contribution in [3.8, 4) is 5.75 Å². The third-order valence-electron chi connectivity index (χ3n) is 4.38. The number of likely N-dealkylation sites (N-methyl/N-ethyl adjacent to an activating group) is 1. The monoisotopic (exact) mass is 307 g/mol. The summed E-state index contributed by atoms with van der Waals surface area (Å²) in [6, 6.07) is 5.53. The molecule has 2 saturated heterocycles. The van der Waals surface area contributed by atoms with Gasteiger partial charge in [-0.15, -0.1) is 0 Å². The third kappa shape index (κ3) is 2.62. The number of hydrogen-bond acceptors (Lipinski definition) is 6. The Balaban J connectivity index is 1.92. The van der Waals surface area contributed by atoms with Gasteiger partial charge >= 0.3 is 5.69 Å². The van der Waals surface area contributed by atoms with Gasteiger partial charge in [-0.1, -0.05) is 6.07 Å². The minimum atomic E-state index is -0.354. The molecule has 1 aromatic carbocycles. The van der Waals surface area contributed by atoms with Crippen LogP contribution in [-0.4, -0.2) is 61.9 Å². The Morgan fingerprint density at radius 3 is 2.95 bits per heavy atom. The van der Waals surface area contributed by atoms with Gasteiger partial charge in [0.2, 0.25) is 0 Å². The maximum Gasteiger partial charge on any atom is 0.333 e. The number of nitro groups is 1. The van der Waals surface area contributed by atoms with E-state index >= 15 is 0 Å². The van der Waals surface area contributed by atoms with Crippen molar-refractivity contribution in [1.29, 1.82) is 0 Å². The summed E-state index contributed by atoms with van der Waals surface area (Å²) in [4.78, 5) is 15.5. The molecular weight excluding hydrogens is 286 g/mol. The van der Waals surface area contributed by atoms with Gasteiger partial charge in [-0.3, -0.25) is 15.0 Å². The van der Waals surface area contributed by atoms with Crippen LogP contribution in [-0.2, 0) is 4.74 Å². The van der Waals surface area contributed by atoms with Crippen molar-refractivity contribution >= 4 is 11.4 Å². The number of hydrogen-bond donors (Lipinski definition) is 0. The number of nitrogens with zero attached hydrogens (tertiary/aromatic N) is 3. The summed E-state index contributed by atoms with van der Waals surface area (Å²) >= 11 is 0. The topological polar surface area (TPSA) is 68.1 Å². The van der Waals surface area contributed by atoms with Gasteiger partial charge in [-0.05, 0) is 26.1 Å². The molecular formula is C15H21N3O4. The van der Waals surface area contributed by atoms with E-state index in [9.17, 15) is 10.1 Å². The van der Waals surface area contributed by atoms with Gasteiger partial charge in [0.1, 0.15) is 5.69 Å². The second kappa shape index (κ2) is 6.10. The molecule has 0 aliphatic carbocycles. The lowest BCUT2D eigenvalue weighted by Crippen LogP contribution is -2.48. The Hall–Kier alpha value is -1.86. The van der Waals surface area contributed by atoms with Crippen LogP contribution in [0.3, 0.4) is 0 Å². The Kier molecular flexibility index (Phi) is 4.17. The summed E-state index contributed by atoms with van der Waals surface area (Å²) in [7, 11) is 2.08. The van der Waals surface area contributed by atoms with Gasteiger partial charge in [0.05, 0.1) is 30.3 Å². The maximum atomic E-state index is 11.5. The van der Waals surface area contributed by atoms with Gasteiger partial charge in [0, 0.05) is 19.6 Å². The van der Waals surface area contributed by atoms with E-state index in [-0.39, 0.29) is 22.8 Å². The Bertz CT molecular complexity index is 566. The number of rotatable bonds is 4. The predicted molar refractivity (Wildman–Crippen MR) is 82.6 cm³/mol. The van der Waals surface area contributed by atoms with Gasteiger partial charge in [0.25, 0.3) is 0 Å². The smallest absolute Gasteiger partial charge is 0.333 e. The van der Waals surface area contributed by atoms with Crippen molar-refractivity contribution in [1.82, 2.24) is 4.90 Å². The molecule has 22 heavy (non-hydrogen) atoms. The van der Waals surface area contributed by atoms with E-state index in [1.165, 1.54) is 0 Å². The van der Waals surface area contributed by atoms with Crippen LogP contribution in [0.1, 0.15) is 6.92 Å². The highest BCUT2D eigenvalue weighted by molar-refractivity contribution is 5.70. The van der Waals surface area contributed by atoms with Crippen LogP contribution in [0, 0.1) is 10.1 Å². The van der Waals surface area contributed by atoms with Gasteiger partial charge in [-0.25, -0.2) is 0 Å². The van der Waals surface area contributed by atoms with Crippen LogP contribution in [0.5, 0.6) is 5.75 Å². The first kappa shape index (κ1) is 15.1. The van der Waals surface area contributed by atoms with Crippen LogP contribution in [0.15, 0.2) is 18.2 Å². The molecule has 0 spiro atoms. The molecule has 7 heteroatoms. The Labute approximate surface area is 129 Å². The van der Waals surface area contributed by atoms with Gasteiger partial charge in [-0.2, -0.15) is 0 Å². The molecule has 7 nitrogen and oxygen atoms in total. The molecule has 0 unspecified atom stereocenters. The fourth-order valence-electron chi connectivity index (χ4n) is 3.28. The van der Waals surface area contributed by atoms with Crippen LogP contribution < -0.4 is 9.64 Å². The summed E-state index contributed by atoms with van der Waals surface area (Å²) in [5, 5.41) is 11.5. The number of benzene rings is 1. The minimum absolute atomic E-state index is 0.0469. The van der Waals surface area contributed by atoms with E-state index in [2.05, 4.69) is 11.9 Å². The molecule has 120 valence electrons. The first-order valence-corrected chi connectivity index (χ1v) is 7.58. The van der Waals surface area contributed by atoms with E-state index in [1.54, 1.807) is 18.2 Å². The van der Waals surface area contributed by atoms with Crippen molar-refractivity contribution in [2.75, 3.05) is 44.8 Å². The molecule has 0 N–H and O–H groups in total. The van der Waals surface area contributed by atoms with Crippen LogP contribution in [0.4, 0.5) is 11.4 Å². The molecule has 2 heterocycles. The van der Waals surface area contributed by atoms with E-state index in [0.717, 1.165) is 13.1 Å². The van der Waals surface area contributed by atoms with E-state index in [1.807, 2.05) is 11.8 Å². The molecule has 0 bridgehead atoms. The molecule has 0 radical (unpaired) electrons. The molecule has 2 fully saturated rings. The van der Waals surface area contributed by atoms with Crippen molar-refractivity contribution in [2.24, 2.45) is 0 Å². The molecule has 2 atom stereocenters. The number of ether oxygens (including phenoxy) is 2. The third-order valence-corrected chi connectivity index (χ3v) is 4.38. The molecule has 3 rings (SSSR count). The second-order valence-corrected chi connectivity index (χ2v) is 5.68. The zero-order chi connectivity index (χ0) is 15.7. The lowest BCUT2D eigenvalue weighted by Gasteiger charge is -2.33. The molecule has 1 aromatic rings. The summed E-state index contributed by atoms with van der Waals surface area (Å²) in [6.45, 7) is 5.25. The van der Waals surface area contributed by atoms with Crippen molar-refractivity contribution in [3.05, 3.63) is 28.3 Å². The Morgan fingerprint density at radius 2 is 2.27 bits per heavy atom. The van der Waals surface area contributed by atoms with Gasteiger partial charge in [0.15, 0.2) is 5.75 Å².